The average molecular weight is 437 g/mol. The Balaban J connectivity index is 1.67. The van der Waals surface area contributed by atoms with Gasteiger partial charge in [-0.3, -0.25) is 4.79 Å². The van der Waals surface area contributed by atoms with E-state index in [9.17, 15) is 18.0 Å². The van der Waals surface area contributed by atoms with Gasteiger partial charge in [0.2, 0.25) is 15.9 Å². The molecule has 0 unspecified atom stereocenters. The van der Waals surface area contributed by atoms with Crippen molar-refractivity contribution in [3.8, 4) is 0 Å². The van der Waals surface area contributed by atoms with Gasteiger partial charge in [-0.2, -0.15) is 4.31 Å². The van der Waals surface area contributed by atoms with Crippen LogP contribution in [0.15, 0.2) is 46.7 Å². The first-order valence-corrected chi connectivity index (χ1v) is 11.6. The van der Waals surface area contributed by atoms with Crippen LogP contribution in [-0.4, -0.2) is 56.7 Å². The topological polar surface area (TPSA) is 84.0 Å². The molecule has 1 aromatic carbocycles. The molecular weight excluding hydrogens is 412 g/mol. The molecule has 1 saturated heterocycles. The Hall–Kier alpha value is -2.23. The summed E-state index contributed by atoms with van der Waals surface area (Å²) in [5.74, 6) is -0.864. The molecule has 0 atom stereocenters. The van der Waals surface area contributed by atoms with Crippen LogP contribution >= 0.6 is 11.3 Å². The third-order valence-electron chi connectivity index (χ3n) is 5.06. The van der Waals surface area contributed by atoms with E-state index in [-0.39, 0.29) is 35.4 Å². The third-order valence-corrected chi connectivity index (χ3v) is 7.88. The summed E-state index contributed by atoms with van der Waals surface area (Å²) in [6.45, 7) is 1.03. The van der Waals surface area contributed by atoms with Crippen molar-refractivity contribution in [1.82, 2.24) is 9.21 Å². The fraction of sp³-hybridized carbons (Fsp3) is 0.400. The highest BCUT2D eigenvalue weighted by molar-refractivity contribution is 7.89. The molecule has 3 rings (SSSR count). The van der Waals surface area contributed by atoms with Crippen molar-refractivity contribution in [3.63, 3.8) is 0 Å². The van der Waals surface area contributed by atoms with Crippen molar-refractivity contribution in [2.45, 2.75) is 24.3 Å². The monoisotopic (exact) mass is 436 g/mol. The SMILES string of the molecule is COC(=O)c1ccccc1S(=O)(=O)N1CCC(C(=O)N(C)Cc2cccs2)CC1. The van der Waals surface area contributed by atoms with Gasteiger partial charge in [-0.05, 0) is 36.4 Å². The number of esters is 1. The van der Waals surface area contributed by atoms with Gasteiger partial charge in [0.05, 0.1) is 24.1 Å². The summed E-state index contributed by atoms with van der Waals surface area (Å²) in [6, 6.07) is 9.97. The lowest BCUT2D eigenvalue weighted by Gasteiger charge is -2.32. The zero-order chi connectivity index (χ0) is 21.0. The van der Waals surface area contributed by atoms with Gasteiger partial charge in [0.25, 0.3) is 0 Å². The highest BCUT2D eigenvalue weighted by Crippen LogP contribution is 2.27. The lowest BCUT2D eigenvalue weighted by atomic mass is 9.96. The Morgan fingerprint density at radius 2 is 1.86 bits per heavy atom. The molecule has 0 saturated carbocycles. The molecule has 29 heavy (non-hydrogen) atoms. The molecule has 0 aliphatic carbocycles. The number of ether oxygens (including phenoxy) is 1. The maximum Gasteiger partial charge on any atom is 0.339 e. The first-order chi connectivity index (χ1) is 13.8. The van der Waals surface area contributed by atoms with Crippen LogP contribution in [0.5, 0.6) is 0 Å². The van der Waals surface area contributed by atoms with Crippen molar-refractivity contribution >= 4 is 33.2 Å². The molecule has 1 fully saturated rings. The first kappa shape index (κ1) is 21.5. The van der Waals surface area contributed by atoms with Crippen LogP contribution in [0.1, 0.15) is 28.1 Å². The van der Waals surface area contributed by atoms with E-state index in [1.807, 2.05) is 17.5 Å². The predicted octanol–water partition coefficient (Wildman–Crippen LogP) is 2.59. The van der Waals surface area contributed by atoms with Crippen LogP contribution in [0.3, 0.4) is 0 Å². The smallest absolute Gasteiger partial charge is 0.339 e. The van der Waals surface area contributed by atoms with Gasteiger partial charge in [-0.15, -0.1) is 11.3 Å². The zero-order valence-corrected chi connectivity index (χ0v) is 18.0. The average Bonchev–Trinajstić information content (AvgIpc) is 3.25. The fourth-order valence-electron chi connectivity index (χ4n) is 3.48. The van der Waals surface area contributed by atoms with Crippen molar-refractivity contribution in [3.05, 3.63) is 52.2 Å². The number of carbonyl (C=O) groups is 2. The molecule has 1 amide bonds. The molecule has 9 heteroatoms. The molecule has 7 nitrogen and oxygen atoms in total. The molecule has 1 aliphatic rings. The number of carbonyl (C=O) groups excluding carboxylic acids is 2. The minimum absolute atomic E-state index is 0.0175. The Labute approximate surface area is 174 Å². The minimum Gasteiger partial charge on any atom is -0.465 e. The minimum atomic E-state index is -3.85. The third kappa shape index (κ3) is 4.68. The summed E-state index contributed by atoms with van der Waals surface area (Å²) in [5.41, 5.74) is 0.0175. The van der Waals surface area contributed by atoms with Gasteiger partial charge in [0.1, 0.15) is 0 Å². The van der Waals surface area contributed by atoms with Gasteiger partial charge in [0, 0.05) is 30.9 Å². The summed E-state index contributed by atoms with van der Waals surface area (Å²) >= 11 is 1.60. The largest absolute Gasteiger partial charge is 0.465 e. The molecule has 0 radical (unpaired) electrons. The number of sulfonamides is 1. The second kappa shape index (κ2) is 9.06. The van der Waals surface area contributed by atoms with E-state index in [1.54, 1.807) is 35.4 Å². The van der Waals surface area contributed by atoms with E-state index in [1.165, 1.54) is 23.5 Å². The molecule has 1 aliphatic heterocycles. The zero-order valence-electron chi connectivity index (χ0n) is 16.4. The van der Waals surface area contributed by atoms with Crippen molar-refractivity contribution in [2.75, 3.05) is 27.2 Å². The van der Waals surface area contributed by atoms with Crippen LogP contribution in [0.25, 0.3) is 0 Å². The number of amides is 1. The van der Waals surface area contributed by atoms with Gasteiger partial charge in [-0.25, -0.2) is 13.2 Å². The van der Waals surface area contributed by atoms with Gasteiger partial charge < -0.3 is 9.64 Å². The second-order valence-electron chi connectivity index (χ2n) is 6.94. The van der Waals surface area contributed by atoms with Crippen LogP contribution < -0.4 is 0 Å². The Morgan fingerprint density at radius 3 is 2.48 bits per heavy atom. The van der Waals surface area contributed by atoms with Crippen LogP contribution in [0.2, 0.25) is 0 Å². The number of methoxy groups -OCH3 is 1. The summed E-state index contributed by atoms with van der Waals surface area (Å²) in [5, 5.41) is 1.98. The molecule has 1 aromatic heterocycles. The highest BCUT2D eigenvalue weighted by Gasteiger charge is 2.35. The first-order valence-electron chi connectivity index (χ1n) is 9.29. The van der Waals surface area contributed by atoms with E-state index < -0.39 is 16.0 Å². The summed E-state index contributed by atoms with van der Waals surface area (Å²) in [4.78, 5) is 27.4. The number of hydrogen-bond acceptors (Lipinski definition) is 6. The van der Waals surface area contributed by atoms with Crippen LogP contribution in [0.4, 0.5) is 0 Å². The maximum absolute atomic E-state index is 13.1. The lowest BCUT2D eigenvalue weighted by molar-refractivity contribution is -0.135. The van der Waals surface area contributed by atoms with E-state index in [0.29, 0.717) is 19.4 Å². The van der Waals surface area contributed by atoms with Crippen molar-refractivity contribution < 1.29 is 22.7 Å². The number of benzene rings is 1. The van der Waals surface area contributed by atoms with Crippen molar-refractivity contribution in [2.24, 2.45) is 5.92 Å². The highest BCUT2D eigenvalue weighted by atomic mass is 32.2. The molecule has 0 spiro atoms. The summed E-state index contributed by atoms with van der Waals surface area (Å²) < 4.78 is 32.2. The van der Waals surface area contributed by atoms with E-state index in [0.717, 1.165) is 4.88 Å². The molecule has 2 heterocycles. The summed E-state index contributed by atoms with van der Waals surface area (Å²) in [7, 11) is -0.856. The maximum atomic E-state index is 13.1. The number of thiophene rings is 1. The van der Waals surface area contributed by atoms with E-state index in [4.69, 9.17) is 4.74 Å². The number of rotatable bonds is 6. The molecule has 156 valence electrons. The molecular formula is C20H24N2O5S2. The van der Waals surface area contributed by atoms with E-state index >= 15 is 0 Å². The van der Waals surface area contributed by atoms with Gasteiger partial charge in [0.15, 0.2) is 0 Å². The van der Waals surface area contributed by atoms with Crippen LogP contribution in [-0.2, 0) is 26.1 Å². The summed E-state index contributed by atoms with van der Waals surface area (Å²) in [6.07, 6.45) is 0.903. The normalized spacial score (nSPS) is 15.8. The Bertz CT molecular complexity index is 965. The molecule has 0 N–H and O–H groups in total. The fourth-order valence-corrected chi connectivity index (χ4v) is 5.89. The Kier molecular flexibility index (Phi) is 6.71. The Morgan fingerprint density at radius 1 is 1.17 bits per heavy atom. The lowest BCUT2D eigenvalue weighted by Crippen LogP contribution is -2.43. The standard InChI is InChI=1S/C20H24N2O5S2/c1-21(14-16-6-5-13-28-16)19(23)15-9-11-22(12-10-15)29(25,26)18-8-4-3-7-17(18)20(24)27-2/h3-8,13,15H,9-12,14H2,1-2H3. The molecule has 0 bridgehead atoms. The van der Waals surface area contributed by atoms with Crippen LogP contribution in [0, 0.1) is 5.92 Å². The number of piperidine rings is 1. The number of hydrogen-bond donors (Lipinski definition) is 0. The van der Waals surface area contributed by atoms with Gasteiger partial charge >= 0.3 is 5.97 Å². The predicted molar refractivity (Wildman–Crippen MR) is 110 cm³/mol. The van der Waals surface area contributed by atoms with E-state index in [2.05, 4.69) is 0 Å². The molecule has 2 aromatic rings. The second-order valence-corrected chi connectivity index (χ2v) is 9.88. The van der Waals surface area contributed by atoms with Crippen molar-refractivity contribution in [1.29, 1.82) is 0 Å². The quantitative estimate of drug-likeness (QED) is 0.650. The van der Waals surface area contributed by atoms with Gasteiger partial charge in [-0.1, -0.05) is 18.2 Å². The number of nitrogens with zero attached hydrogens (tertiary/aromatic N) is 2.